The Kier molecular flexibility index (Phi) is 8.03. The van der Waals surface area contributed by atoms with Crippen LogP contribution in [0.2, 0.25) is 0 Å². The van der Waals surface area contributed by atoms with Gasteiger partial charge >= 0.3 is 5.97 Å². The summed E-state index contributed by atoms with van der Waals surface area (Å²) in [6.45, 7) is 15.8. The van der Waals surface area contributed by atoms with Crippen LogP contribution in [0.1, 0.15) is 48.0 Å². The highest BCUT2D eigenvalue weighted by Gasteiger charge is 2.25. The molecule has 2 rings (SSSR count). The lowest BCUT2D eigenvalue weighted by Gasteiger charge is -2.28. The molecule has 28 heavy (non-hydrogen) atoms. The van der Waals surface area contributed by atoms with Crippen molar-refractivity contribution in [3.8, 4) is 5.88 Å². The van der Waals surface area contributed by atoms with Gasteiger partial charge in [-0.3, -0.25) is 4.79 Å². The summed E-state index contributed by atoms with van der Waals surface area (Å²) in [4.78, 5) is 14.4. The van der Waals surface area contributed by atoms with Crippen LogP contribution in [-0.4, -0.2) is 65.8 Å². The van der Waals surface area contributed by atoms with Gasteiger partial charge in [0.25, 0.3) is 5.88 Å². The molecule has 1 aromatic heterocycles. The highest BCUT2D eigenvalue weighted by atomic mass is 32.1. The molecule has 1 aliphatic heterocycles. The van der Waals surface area contributed by atoms with Crippen molar-refractivity contribution >= 4 is 23.5 Å². The largest absolute Gasteiger partial charge is 0.470 e. The molecule has 0 aliphatic carbocycles. The van der Waals surface area contributed by atoms with Crippen LogP contribution >= 0.6 is 11.7 Å². The first-order valence-electron chi connectivity index (χ1n) is 9.76. The predicted octanol–water partition coefficient (Wildman–Crippen LogP) is 2.49. The highest BCUT2D eigenvalue weighted by Crippen LogP contribution is 2.26. The van der Waals surface area contributed by atoms with Crippen molar-refractivity contribution in [2.75, 3.05) is 44.4 Å². The van der Waals surface area contributed by atoms with Crippen LogP contribution in [0.5, 0.6) is 5.88 Å². The molecule has 0 bridgehead atoms. The highest BCUT2D eigenvalue weighted by molar-refractivity contribution is 6.99. The van der Waals surface area contributed by atoms with Crippen molar-refractivity contribution in [1.82, 2.24) is 14.1 Å². The van der Waals surface area contributed by atoms with E-state index < -0.39 is 6.10 Å². The van der Waals surface area contributed by atoms with E-state index in [1.54, 1.807) is 0 Å². The molecule has 0 spiro atoms. The summed E-state index contributed by atoms with van der Waals surface area (Å²) >= 11 is 1.12. The second-order valence-corrected chi connectivity index (χ2v) is 9.81. The Bertz CT molecular complexity index is 618. The fourth-order valence-electron chi connectivity index (χ4n) is 2.62. The zero-order valence-corrected chi connectivity index (χ0v) is 18.7. The maximum absolute atomic E-state index is 12.3. The number of esters is 1. The molecule has 9 heteroatoms. The van der Waals surface area contributed by atoms with Crippen molar-refractivity contribution in [3.05, 3.63) is 0 Å². The van der Waals surface area contributed by atoms with E-state index in [2.05, 4.69) is 39.7 Å². The third kappa shape index (κ3) is 8.28. The van der Waals surface area contributed by atoms with Crippen LogP contribution in [-0.2, 0) is 14.3 Å². The number of morpholine rings is 1. The van der Waals surface area contributed by atoms with E-state index in [-0.39, 0.29) is 23.5 Å². The molecule has 8 nitrogen and oxygen atoms in total. The number of hydrogen-bond donors (Lipinski definition) is 1. The van der Waals surface area contributed by atoms with E-state index in [1.807, 2.05) is 20.8 Å². The number of carbonyl (C=O) groups is 1. The summed E-state index contributed by atoms with van der Waals surface area (Å²) in [6, 6.07) is 0. The molecule has 160 valence electrons. The maximum Gasteiger partial charge on any atom is 0.306 e. The molecule has 1 N–H and O–H groups in total. The van der Waals surface area contributed by atoms with Crippen LogP contribution in [0.3, 0.4) is 0 Å². The quantitative estimate of drug-likeness (QED) is 0.650. The maximum atomic E-state index is 12.3. The van der Waals surface area contributed by atoms with E-state index >= 15 is 0 Å². The molecule has 0 aromatic carbocycles. The van der Waals surface area contributed by atoms with Crippen LogP contribution in [0.4, 0.5) is 5.82 Å². The van der Waals surface area contributed by atoms with Gasteiger partial charge in [0.15, 0.2) is 0 Å². The number of nitrogens with zero attached hydrogens (tertiary/aromatic N) is 3. The number of rotatable bonds is 8. The van der Waals surface area contributed by atoms with Gasteiger partial charge in [0.1, 0.15) is 12.7 Å². The molecule has 0 radical (unpaired) electrons. The van der Waals surface area contributed by atoms with Gasteiger partial charge in [-0.1, -0.05) is 20.8 Å². The van der Waals surface area contributed by atoms with Crippen molar-refractivity contribution in [1.29, 1.82) is 0 Å². The zero-order chi connectivity index (χ0) is 20.8. The minimum Gasteiger partial charge on any atom is -0.470 e. The average Bonchev–Trinajstić information content (AvgIpc) is 3.04. The SMILES string of the molecule is CC(C)(C)CC(=O)OC(CNC(C)(C)C)COc1nsnc1N1CCOCC1. The molecule has 1 unspecified atom stereocenters. The van der Waals surface area contributed by atoms with E-state index in [9.17, 15) is 4.79 Å². The first-order valence-corrected chi connectivity index (χ1v) is 10.5. The van der Waals surface area contributed by atoms with Crippen molar-refractivity contribution < 1.29 is 19.0 Å². The van der Waals surface area contributed by atoms with Crippen molar-refractivity contribution in [3.63, 3.8) is 0 Å². The minimum atomic E-state index is -0.409. The van der Waals surface area contributed by atoms with Crippen LogP contribution in [0, 0.1) is 5.41 Å². The summed E-state index contributed by atoms with van der Waals surface area (Å²) in [7, 11) is 0. The summed E-state index contributed by atoms with van der Waals surface area (Å²) in [6.07, 6.45) is -0.0515. The Morgan fingerprint density at radius 3 is 2.50 bits per heavy atom. The van der Waals surface area contributed by atoms with Crippen LogP contribution in [0.15, 0.2) is 0 Å². The number of ether oxygens (including phenoxy) is 3. The van der Waals surface area contributed by atoms with E-state index in [1.165, 1.54) is 0 Å². The molecule has 0 saturated carbocycles. The lowest BCUT2D eigenvalue weighted by atomic mass is 9.92. The van der Waals surface area contributed by atoms with Gasteiger partial charge in [-0.15, -0.1) is 4.37 Å². The number of anilines is 1. The Labute approximate surface area is 172 Å². The third-order valence-corrected chi connectivity index (χ3v) is 4.49. The standard InChI is InChI=1S/C19H34N4O4S/c1-18(2,3)11-15(24)27-14(12-20-19(4,5)6)13-26-17-16(21-28-22-17)23-7-9-25-10-8-23/h14,20H,7-13H2,1-6H3. The summed E-state index contributed by atoms with van der Waals surface area (Å²) < 4.78 is 25.7. The normalized spacial score (nSPS) is 16.7. The van der Waals surface area contributed by atoms with Crippen molar-refractivity contribution in [2.45, 2.75) is 59.6 Å². The first-order chi connectivity index (χ1) is 13.0. The van der Waals surface area contributed by atoms with Crippen molar-refractivity contribution in [2.24, 2.45) is 5.41 Å². The minimum absolute atomic E-state index is 0.0875. The average molecular weight is 415 g/mol. The summed E-state index contributed by atoms with van der Waals surface area (Å²) in [5.74, 6) is 0.998. The first kappa shape index (κ1) is 22.8. The molecular weight excluding hydrogens is 380 g/mol. The summed E-state index contributed by atoms with van der Waals surface area (Å²) in [5, 5.41) is 3.38. The molecule has 1 atom stereocenters. The van der Waals surface area contributed by atoms with Gasteiger partial charge in [0, 0.05) is 25.2 Å². The van der Waals surface area contributed by atoms with E-state index in [4.69, 9.17) is 14.2 Å². The van der Waals surface area contributed by atoms with Gasteiger partial charge in [-0.25, -0.2) is 0 Å². The zero-order valence-electron chi connectivity index (χ0n) is 17.9. The Morgan fingerprint density at radius 2 is 1.89 bits per heavy atom. The van der Waals surface area contributed by atoms with Crippen LogP contribution < -0.4 is 15.0 Å². The summed E-state index contributed by atoms with van der Waals surface area (Å²) in [5.41, 5.74) is -0.210. The van der Waals surface area contributed by atoms with Gasteiger partial charge in [0.05, 0.1) is 31.4 Å². The van der Waals surface area contributed by atoms with Gasteiger partial charge in [0.2, 0.25) is 5.82 Å². The number of hydrogen-bond acceptors (Lipinski definition) is 9. The topological polar surface area (TPSA) is 85.8 Å². The number of aromatic nitrogens is 2. The molecule has 2 heterocycles. The molecule has 1 aromatic rings. The number of carbonyl (C=O) groups excluding carboxylic acids is 1. The fourth-order valence-corrected chi connectivity index (χ4v) is 3.14. The molecule has 1 aliphatic rings. The smallest absolute Gasteiger partial charge is 0.306 e. The lowest BCUT2D eigenvalue weighted by Crippen LogP contribution is -2.44. The third-order valence-electron chi connectivity index (χ3n) is 3.99. The Morgan fingerprint density at radius 1 is 1.21 bits per heavy atom. The second-order valence-electron chi connectivity index (χ2n) is 9.28. The van der Waals surface area contributed by atoms with Gasteiger partial charge < -0.3 is 24.4 Å². The fraction of sp³-hybridized carbons (Fsp3) is 0.842. The lowest BCUT2D eigenvalue weighted by molar-refractivity contribution is -0.152. The number of nitrogens with one attached hydrogen (secondary N) is 1. The van der Waals surface area contributed by atoms with E-state index in [0.717, 1.165) is 30.6 Å². The second kappa shape index (κ2) is 9.84. The predicted molar refractivity (Wildman–Crippen MR) is 110 cm³/mol. The van der Waals surface area contributed by atoms with Crippen LogP contribution in [0.25, 0.3) is 0 Å². The monoisotopic (exact) mass is 414 g/mol. The van der Waals surface area contributed by atoms with Gasteiger partial charge in [-0.05, 0) is 26.2 Å². The Balaban J connectivity index is 1.97. The molecule has 1 fully saturated rings. The molecule has 1 saturated heterocycles. The molecule has 0 amide bonds. The molecular formula is C19H34N4O4S. The van der Waals surface area contributed by atoms with E-state index in [0.29, 0.717) is 32.1 Å². The van der Waals surface area contributed by atoms with Gasteiger partial charge in [-0.2, -0.15) is 4.37 Å². The Hall–Kier alpha value is -1.45.